The first kappa shape index (κ1) is 15.1. The van der Waals surface area contributed by atoms with Crippen LogP contribution in [-0.2, 0) is 6.54 Å². The van der Waals surface area contributed by atoms with E-state index in [1.54, 1.807) is 0 Å². The Balaban J connectivity index is 1.24. The van der Waals surface area contributed by atoms with Crippen LogP contribution in [0.5, 0.6) is 0 Å². The first-order valence-corrected chi connectivity index (χ1v) is 9.26. The Hall–Kier alpha value is -2.16. The van der Waals surface area contributed by atoms with Crippen molar-refractivity contribution < 1.29 is 0 Å². The summed E-state index contributed by atoms with van der Waals surface area (Å²) in [5, 5.41) is 16.4. The molecule has 3 aliphatic carbocycles. The molecule has 4 fully saturated rings. The Bertz CT molecular complexity index is 790. The number of rotatable bonds is 4. The average molecular weight is 333 g/mol. The van der Waals surface area contributed by atoms with Crippen molar-refractivity contribution in [3.63, 3.8) is 0 Å². The van der Waals surface area contributed by atoms with Crippen molar-refractivity contribution in [3.05, 3.63) is 41.6 Å². The van der Waals surface area contributed by atoms with Gasteiger partial charge in [0.05, 0.1) is 23.5 Å². The molecule has 0 radical (unpaired) electrons. The van der Waals surface area contributed by atoms with Gasteiger partial charge in [0.1, 0.15) is 0 Å². The van der Waals surface area contributed by atoms with E-state index in [9.17, 15) is 0 Å². The molecule has 2 bridgehead atoms. The maximum atomic E-state index is 8.95. The molecule has 2 aromatic rings. The van der Waals surface area contributed by atoms with E-state index in [4.69, 9.17) is 5.26 Å². The van der Waals surface area contributed by atoms with Crippen molar-refractivity contribution in [2.45, 2.75) is 31.3 Å². The SMILES string of the molecule is N#Cc1ccc(-c2[nH]ncc2CN2CCN(C34CC(C3)C4)CC2)cc1. The minimum Gasteiger partial charge on any atom is -0.296 e. The maximum Gasteiger partial charge on any atom is 0.0991 e. The Morgan fingerprint density at radius 1 is 1.12 bits per heavy atom. The molecule has 6 rings (SSSR count). The van der Waals surface area contributed by atoms with Gasteiger partial charge in [-0.2, -0.15) is 10.4 Å². The van der Waals surface area contributed by atoms with Crippen LogP contribution >= 0.6 is 0 Å². The molecule has 1 aromatic heterocycles. The van der Waals surface area contributed by atoms with Crippen molar-refractivity contribution in [1.82, 2.24) is 20.0 Å². The summed E-state index contributed by atoms with van der Waals surface area (Å²) in [4.78, 5) is 5.29. The molecule has 25 heavy (non-hydrogen) atoms. The molecular formula is C20H23N5. The van der Waals surface area contributed by atoms with Crippen LogP contribution in [0.3, 0.4) is 0 Å². The standard InChI is InChI=1S/C20H23N5/c21-12-15-1-3-17(4-2-15)19-18(13-22-23-19)14-24-5-7-25(8-6-24)20-9-16(10-20)11-20/h1-4,13,16H,5-11,14H2,(H,22,23). The Morgan fingerprint density at radius 3 is 2.44 bits per heavy atom. The second kappa shape index (κ2) is 5.69. The normalized spacial score (nSPS) is 28.8. The fraction of sp³-hybridized carbons (Fsp3) is 0.500. The first-order valence-electron chi connectivity index (χ1n) is 9.26. The van der Waals surface area contributed by atoms with Gasteiger partial charge in [0.15, 0.2) is 0 Å². The molecule has 5 heteroatoms. The predicted octanol–water partition coefficient (Wildman–Crippen LogP) is 2.62. The Kier molecular flexibility index (Phi) is 3.44. The van der Waals surface area contributed by atoms with Crippen LogP contribution in [0.1, 0.15) is 30.4 Å². The third kappa shape index (κ3) is 2.48. The lowest BCUT2D eigenvalue weighted by Crippen LogP contribution is -2.70. The fourth-order valence-electron chi connectivity index (χ4n) is 4.83. The highest BCUT2D eigenvalue weighted by atomic mass is 15.3. The van der Waals surface area contributed by atoms with Crippen LogP contribution in [0.25, 0.3) is 11.3 Å². The fourth-order valence-corrected chi connectivity index (χ4v) is 4.83. The van der Waals surface area contributed by atoms with Gasteiger partial charge in [-0.15, -0.1) is 0 Å². The number of benzene rings is 1. The maximum absolute atomic E-state index is 8.95. The van der Waals surface area contributed by atoms with E-state index in [1.165, 1.54) is 37.9 Å². The molecule has 5 nitrogen and oxygen atoms in total. The summed E-state index contributed by atoms with van der Waals surface area (Å²) in [7, 11) is 0. The Morgan fingerprint density at radius 2 is 1.84 bits per heavy atom. The molecule has 4 aliphatic rings. The number of piperazine rings is 1. The number of nitriles is 1. The summed E-state index contributed by atoms with van der Waals surface area (Å²) < 4.78 is 0. The van der Waals surface area contributed by atoms with Gasteiger partial charge in [-0.3, -0.25) is 14.9 Å². The van der Waals surface area contributed by atoms with Gasteiger partial charge in [0.25, 0.3) is 0 Å². The minimum absolute atomic E-state index is 0.611. The molecule has 1 N–H and O–H groups in total. The number of aromatic amines is 1. The highest BCUT2D eigenvalue weighted by Gasteiger charge is 2.59. The monoisotopic (exact) mass is 333 g/mol. The molecule has 1 aromatic carbocycles. The molecule has 0 spiro atoms. The molecule has 128 valence electrons. The van der Waals surface area contributed by atoms with E-state index in [2.05, 4.69) is 26.1 Å². The zero-order valence-electron chi connectivity index (χ0n) is 14.4. The highest BCUT2D eigenvalue weighted by molar-refractivity contribution is 5.63. The molecule has 2 heterocycles. The molecular weight excluding hydrogens is 310 g/mol. The number of hydrogen-bond donors (Lipinski definition) is 1. The molecule has 3 saturated carbocycles. The van der Waals surface area contributed by atoms with E-state index in [1.807, 2.05) is 30.5 Å². The van der Waals surface area contributed by atoms with Gasteiger partial charge in [0.2, 0.25) is 0 Å². The van der Waals surface area contributed by atoms with E-state index in [-0.39, 0.29) is 0 Å². The lowest BCUT2D eigenvalue weighted by Gasteiger charge is -2.67. The zero-order chi connectivity index (χ0) is 16.9. The molecule has 0 amide bonds. The highest BCUT2D eigenvalue weighted by Crippen LogP contribution is 2.60. The third-order valence-corrected chi connectivity index (χ3v) is 6.46. The summed E-state index contributed by atoms with van der Waals surface area (Å²) in [6.45, 7) is 5.64. The second-order valence-electron chi connectivity index (χ2n) is 7.93. The van der Waals surface area contributed by atoms with Crippen molar-refractivity contribution >= 4 is 0 Å². The summed E-state index contributed by atoms with van der Waals surface area (Å²) in [5.74, 6) is 1.05. The topological polar surface area (TPSA) is 59.0 Å². The second-order valence-corrected chi connectivity index (χ2v) is 7.93. The van der Waals surface area contributed by atoms with Crippen LogP contribution in [0.15, 0.2) is 30.5 Å². The van der Waals surface area contributed by atoms with Gasteiger partial charge in [-0.05, 0) is 42.9 Å². The third-order valence-electron chi connectivity index (χ3n) is 6.46. The van der Waals surface area contributed by atoms with Crippen molar-refractivity contribution in [2.75, 3.05) is 26.2 Å². The number of H-pyrrole nitrogens is 1. The Labute approximate surface area is 148 Å². The predicted molar refractivity (Wildman–Crippen MR) is 95.7 cm³/mol. The van der Waals surface area contributed by atoms with Crippen molar-refractivity contribution in [2.24, 2.45) is 5.92 Å². The quantitative estimate of drug-likeness (QED) is 0.934. The summed E-state index contributed by atoms with van der Waals surface area (Å²) >= 11 is 0. The smallest absolute Gasteiger partial charge is 0.0991 e. The van der Waals surface area contributed by atoms with Crippen LogP contribution in [-0.4, -0.2) is 51.7 Å². The lowest BCUT2D eigenvalue weighted by atomic mass is 9.49. The number of nitrogens with one attached hydrogen (secondary N) is 1. The van der Waals surface area contributed by atoms with Gasteiger partial charge >= 0.3 is 0 Å². The van der Waals surface area contributed by atoms with E-state index in [0.29, 0.717) is 11.1 Å². The van der Waals surface area contributed by atoms with Gasteiger partial charge in [-0.1, -0.05) is 12.1 Å². The van der Waals surface area contributed by atoms with E-state index < -0.39 is 0 Å². The van der Waals surface area contributed by atoms with Gasteiger partial charge < -0.3 is 0 Å². The average Bonchev–Trinajstić information content (AvgIpc) is 3.02. The van der Waals surface area contributed by atoms with Crippen LogP contribution in [0, 0.1) is 17.2 Å². The van der Waals surface area contributed by atoms with Crippen LogP contribution < -0.4 is 0 Å². The van der Waals surface area contributed by atoms with Gasteiger partial charge in [0, 0.05) is 43.8 Å². The minimum atomic E-state index is 0.611. The van der Waals surface area contributed by atoms with Crippen LogP contribution in [0.4, 0.5) is 0 Å². The van der Waals surface area contributed by atoms with Crippen molar-refractivity contribution in [3.8, 4) is 17.3 Å². The summed E-state index contributed by atoms with van der Waals surface area (Å²) in [6.07, 6.45) is 6.31. The largest absolute Gasteiger partial charge is 0.296 e. The van der Waals surface area contributed by atoms with Gasteiger partial charge in [-0.25, -0.2) is 0 Å². The summed E-state index contributed by atoms with van der Waals surface area (Å²) in [6, 6.07) is 9.89. The number of nitrogens with zero attached hydrogens (tertiary/aromatic N) is 4. The molecule has 1 aliphatic heterocycles. The first-order chi connectivity index (χ1) is 12.3. The zero-order valence-corrected chi connectivity index (χ0v) is 14.4. The van der Waals surface area contributed by atoms with Crippen molar-refractivity contribution in [1.29, 1.82) is 5.26 Å². The summed E-state index contributed by atoms with van der Waals surface area (Å²) in [5.41, 5.74) is 4.71. The lowest BCUT2D eigenvalue weighted by molar-refractivity contribution is -0.155. The molecule has 1 saturated heterocycles. The number of aromatic nitrogens is 2. The van der Waals surface area contributed by atoms with E-state index in [0.717, 1.165) is 36.8 Å². The molecule has 0 unspecified atom stereocenters. The number of hydrogen-bond acceptors (Lipinski definition) is 4. The van der Waals surface area contributed by atoms with E-state index >= 15 is 0 Å². The molecule has 0 atom stereocenters. The van der Waals surface area contributed by atoms with Crippen LogP contribution in [0.2, 0.25) is 0 Å².